The quantitative estimate of drug-likeness (QED) is 0.751. The van der Waals surface area contributed by atoms with E-state index in [0.717, 1.165) is 24.9 Å². The molecule has 1 nitrogen and oxygen atoms in total. The highest BCUT2D eigenvalue weighted by atomic mass is 35.5. The molecule has 1 atom stereocenters. The van der Waals surface area contributed by atoms with Gasteiger partial charge in [-0.2, -0.15) is 0 Å². The smallest absolute Gasteiger partial charge is 0.127 e. The fraction of sp³-hybridized carbons (Fsp3) is 0.625. The second kappa shape index (κ2) is 6.71. The van der Waals surface area contributed by atoms with Crippen LogP contribution in [0.2, 0.25) is 5.02 Å². The number of aryl methyl sites for hydroxylation is 1. The van der Waals surface area contributed by atoms with Crippen molar-refractivity contribution in [3.8, 4) is 0 Å². The van der Waals surface area contributed by atoms with Gasteiger partial charge in [-0.3, -0.25) is 0 Å². The van der Waals surface area contributed by atoms with Crippen molar-refractivity contribution in [1.29, 1.82) is 0 Å². The second-order valence-corrected chi connectivity index (χ2v) is 6.26. The highest BCUT2D eigenvalue weighted by Crippen LogP contribution is 2.39. The number of nitrogens with one attached hydrogen (secondary N) is 1. The number of rotatable bonds is 6. The van der Waals surface area contributed by atoms with Crippen LogP contribution in [0.3, 0.4) is 0 Å². The van der Waals surface area contributed by atoms with Gasteiger partial charge in [-0.25, -0.2) is 4.39 Å². The van der Waals surface area contributed by atoms with E-state index in [4.69, 9.17) is 11.6 Å². The molecule has 19 heavy (non-hydrogen) atoms. The lowest BCUT2D eigenvalue weighted by atomic mass is 9.78. The van der Waals surface area contributed by atoms with Crippen molar-refractivity contribution in [2.24, 2.45) is 5.41 Å². The lowest BCUT2D eigenvalue weighted by Gasteiger charge is -2.35. The highest BCUT2D eigenvalue weighted by Gasteiger charge is 2.30. The largest absolute Gasteiger partial charge is 0.309 e. The van der Waals surface area contributed by atoms with E-state index >= 15 is 0 Å². The van der Waals surface area contributed by atoms with Gasteiger partial charge in [0.25, 0.3) is 0 Å². The Balaban J connectivity index is 3.21. The lowest BCUT2D eigenvalue weighted by Crippen LogP contribution is -2.34. The van der Waals surface area contributed by atoms with Crippen molar-refractivity contribution in [3.63, 3.8) is 0 Å². The van der Waals surface area contributed by atoms with Gasteiger partial charge in [0.05, 0.1) is 0 Å². The van der Waals surface area contributed by atoms with E-state index < -0.39 is 0 Å². The molecular weight excluding hydrogens is 261 g/mol. The fourth-order valence-electron chi connectivity index (χ4n) is 2.20. The molecule has 1 rings (SSSR count). The van der Waals surface area contributed by atoms with Crippen molar-refractivity contribution in [2.75, 3.05) is 6.54 Å². The van der Waals surface area contributed by atoms with Crippen LogP contribution in [0.4, 0.5) is 4.39 Å². The summed E-state index contributed by atoms with van der Waals surface area (Å²) >= 11 is 6.26. The SMILES string of the molecule is CCCNC(c1cc(C)c(F)cc1Cl)C(C)(C)CC. The molecule has 0 aromatic heterocycles. The fourth-order valence-corrected chi connectivity index (χ4v) is 2.46. The molecular formula is C16H25ClFN. The maximum absolute atomic E-state index is 13.5. The maximum Gasteiger partial charge on any atom is 0.127 e. The van der Waals surface area contributed by atoms with E-state index in [1.807, 2.05) is 6.07 Å². The Morgan fingerprint density at radius 2 is 1.95 bits per heavy atom. The number of halogens is 2. The molecule has 0 bridgehead atoms. The van der Waals surface area contributed by atoms with E-state index in [1.165, 1.54) is 6.07 Å². The van der Waals surface area contributed by atoms with Crippen LogP contribution in [-0.4, -0.2) is 6.54 Å². The van der Waals surface area contributed by atoms with E-state index in [-0.39, 0.29) is 17.3 Å². The van der Waals surface area contributed by atoms with Gasteiger partial charge in [-0.15, -0.1) is 0 Å². The van der Waals surface area contributed by atoms with E-state index in [0.29, 0.717) is 10.6 Å². The molecule has 0 saturated carbocycles. The maximum atomic E-state index is 13.5. The molecule has 0 saturated heterocycles. The number of hydrogen-bond acceptors (Lipinski definition) is 1. The molecule has 0 spiro atoms. The summed E-state index contributed by atoms with van der Waals surface area (Å²) in [5.41, 5.74) is 1.72. The highest BCUT2D eigenvalue weighted by molar-refractivity contribution is 6.31. The summed E-state index contributed by atoms with van der Waals surface area (Å²) in [6.45, 7) is 11.5. The summed E-state index contributed by atoms with van der Waals surface area (Å²) in [4.78, 5) is 0. The monoisotopic (exact) mass is 285 g/mol. The molecule has 3 heteroatoms. The molecule has 0 aliphatic carbocycles. The van der Waals surface area contributed by atoms with Gasteiger partial charge in [0.15, 0.2) is 0 Å². The molecule has 0 fully saturated rings. The summed E-state index contributed by atoms with van der Waals surface area (Å²) in [5.74, 6) is -0.239. The van der Waals surface area contributed by atoms with Crippen LogP contribution in [0, 0.1) is 18.2 Å². The third-order valence-electron chi connectivity index (χ3n) is 3.88. The third kappa shape index (κ3) is 3.93. The van der Waals surface area contributed by atoms with Crippen LogP contribution in [0.1, 0.15) is 57.7 Å². The minimum absolute atomic E-state index is 0.0725. The van der Waals surface area contributed by atoms with Gasteiger partial charge in [-0.05, 0) is 48.9 Å². The minimum Gasteiger partial charge on any atom is -0.309 e. The average Bonchev–Trinajstić information content (AvgIpc) is 2.35. The molecule has 0 radical (unpaired) electrons. The van der Waals surface area contributed by atoms with Gasteiger partial charge in [0.2, 0.25) is 0 Å². The summed E-state index contributed by atoms with van der Waals surface area (Å²) in [6, 6.07) is 3.45. The number of hydrogen-bond donors (Lipinski definition) is 1. The van der Waals surface area contributed by atoms with Crippen molar-refractivity contribution in [1.82, 2.24) is 5.32 Å². The van der Waals surface area contributed by atoms with Crippen LogP contribution in [0.25, 0.3) is 0 Å². The first-order chi connectivity index (χ1) is 8.83. The predicted molar refractivity (Wildman–Crippen MR) is 81.3 cm³/mol. The summed E-state index contributed by atoms with van der Waals surface area (Å²) in [5, 5.41) is 4.07. The van der Waals surface area contributed by atoms with Crippen LogP contribution < -0.4 is 5.32 Å². The normalized spacial score (nSPS) is 13.6. The zero-order valence-electron chi connectivity index (χ0n) is 12.6. The zero-order valence-corrected chi connectivity index (χ0v) is 13.4. The van der Waals surface area contributed by atoms with Crippen molar-refractivity contribution < 1.29 is 4.39 Å². The molecule has 0 amide bonds. The molecule has 0 heterocycles. The van der Waals surface area contributed by atoms with Gasteiger partial charge < -0.3 is 5.32 Å². The number of benzene rings is 1. The molecule has 0 aliphatic heterocycles. The van der Waals surface area contributed by atoms with Crippen LogP contribution in [-0.2, 0) is 0 Å². The first-order valence-electron chi connectivity index (χ1n) is 7.02. The van der Waals surface area contributed by atoms with Gasteiger partial charge in [0.1, 0.15) is 5.82 Å². The van der Waals surface area contributed by atoms with Crippen LogP contribution in [0.15, 0.2) is 12.1 Å². The Kier molecular flexibility index (Phi) is 5.82. The third-order valence-corrected chi connectivity index (χ3v) is 4.21. The van der Waals surface area contributed by atoms with Gasteiger partial charge in [-0.1, -0.05) is 45.4 Å². The van der Waals surface area contributed by atoms with Crippen LogP contribution >= 0.6 is 11.6 Å². The van der Waals surface area contributed by atoms with Crippen LogP contribution in [0.5, 0.6) is 0 Å². The van der Waals surface area contributed by atoms with Crippen molar-refractivity contribution in [3.05, 3.63) is 34.1 Å². The van der Waals surface area contributed by atoms with Crippen molar-refractivity contribution >= 4 is 11.6 Å². The molecule has 1 unspecified atom stereocenters. The first kappa shape index (κ1) is 16.5. The molecule has 0 aliphatic rings. The lowest BCUT2D eigenvalue weighted by molar-refractivity contribution is 0.234. The molecule has 1 aromatic carbocycles. The Morgan fingerprint density at radius 1 is 1.32 bits per heavy atom. The topological polar surface area (TPSA) is 12.0 Å². The van der Waals surface area contributed by atoms with E-state index in [9.17, 15) is 4.39 Å². The zero-order chi connectivity index (χ0) is 14.6. The molecule has 1 aromatic rings. The Bertz CT molecular complexity index is 429. The predicted octanol–water partition coefficient (Wildman–Crippen LogP) is 5.26. The van der Waals surface area contributed by atoms with Gasteiger partial charge in [0, 0.05) is 11.1 Å². The van der Waals surface area contributed by atoms with E-state index in [2.05, 4.69) is 33.0 Å². The molecule has 108 valence electrons. The summed E-state index contributed by atoms with van der Waals surface area (Å²) < 4.78 is 13.5. The summed E-state index contributed by atoms with van der Waals surface area (Å²) in [7, 11) is 0. The Hall–Kier alpha value is -0.600. The summed E-state index contributed by atoms with van der Waals surface area (Å²) in [6.07, 6.45) is 2.09. The van der Waals surface area contributed by atoms with Crippen molar-refractivity contribution in [2.45, 2.75) is 53.5 Å². The average molecular weight is 286 g/mol. The van der Waals surface area contributed by atoms with E-state index in [1.54, 1.807) is 6.92 Å². The Labute approximate surface area is 121 Å². The standard InChI is InChI=1S/C16H25ClFN/c1-6-8-19-15(16(4,5)7-2)12-9-11(3)14(18)10-13(12)17/h9-10,15,19H,6-8H2,1-5H3. The Morgan fingerprint density at radius 3 is 2.47 bits per heavy atom. The minimum atomic E-state index is -0.239. The van der Waals surface area contributed by atoms with Gasteiger partial charge >= 0.3 is 0 Å². The molecule has 1 N–H and O–H groups in total. The first-order valence-corrected chi connectivity index (χ1v) is 7.40. The second-order valence-electron chi connectivity index (χ2n) is 5.85.